The van der Waals surface area contributed by atoms with Gasteiger partial charge in [-0.15, -0.1) is 21.9 Å². The van der Waals surface area contributed by atoms with Crippen LogP contribution in [-0.4, -0.2) is 16.9 Å². The molecule has 0 aliphatic heterocycles. The topological polar surface area (TPSA) is 33.8 Å². The number of rotatable bonds is 8. The smallest absolute Gasteiger partial charge is 0.227 e. The van der Waals surface area contributed by atoms with Gasteiger partial charge < -0.3 is 0 Å². The van der Waals surface area contributed by atoms with Crippen molar-refractivity contribution in [2.75, 3.05) is 0 Å². The van der Waals surface area contributed by atoms with Gasteiger partial charge in [0.1, 0.15) is 52.7 Å². The van der Waals surface area contributed by atoms with Crippen LogP contribution in [0.4, 0.5) is 87.8 Å². The maximum absolute atomic E-state index is 15.4. The zero-order chi connectivity index (χ0) is 46.4. The second-order valence-corrected chi connectivity index (χ2v) is 12.4. The van der Waals surface area contributed by atoms with Crippen LogP contribution in [0.3, 0.4) is 0 Å². The molecule has 0 spiro atoms. The fourth-order valence-corrected chi connectivity index (χ4v) is 6.46. The van der Waals surface area contributed by atoms with Crippen LogP contribution < -0.4 is 26.4 Å². The first-order chi connectivity index (χ1) is 29.0. The molecule has 1 heterocycles. The first-order valence-electron chi connectivity index (χ1n) is 16.3. The maximum atomic E-state index is 15.4. The van der Waals surface area contributed by atoms with Crippen LogP contribution in [-0.2, 0) is 6.54 Å². The van der Waals surface area contributed by atoms with E-state index in [-0.39, 0.29) is 5.78 Å². The molecule has 0 aliphatic rings. The van der Waals surface area contributed by atoms with Crippen molar-refractivity contribution in [3.63, 3.8) is 0 Å². The third-order valence-corrected chi connectivity index (χ3v) is 9.20. The Morgan fingerprint density at radius 3 is 1.02 bits per heavy atom. The van der Waals surface area contributed by atoms with E-state index >= 15 is 35.1 Å². The highest BCUT2D eigenvalue weighted by Gasteiger charge is 2.52. The molecule has 0 bridgehead atoms. The minimum Gasteiger partial charge on any atom is -0.287 e. The van der Waals surface area contributed by atoms with Gasteiger partial charge in [0, 0.05) is 11.6 Å². The minimum absolute atomic E-state index is 0.0740. The van der Waals surface area contributed by atoms with E-state index in [1.54, 1.807) is 24.7 Å². The maximum Gasteiger partial charge on any atom is 0.227 e. The number of aromatic nitrogens is 2. The Morgan fingerprint density at radius 1 is 0.468 bits per heavy atom. The highest BCUT2D eigenvalue weighted by atomic mass is 19.2. The van der Waals surface area contributed by atoms with E-state index in [2.05, 4.69) is 11.6 Å². The van der Waals surface area contributed by atoms with Gasteiger partial charge in [0.25, 0.3) is 0 Å². The number of nitrogens with zero attached hydrogens (tertiary/aromatic N) is 2. The number of halogens is 20. The molecule has 3 nitrogen and oxygen atoms in total. The Kier molecular flexibility index (Phi) is 12.9. The van der Waals surface area contributed by atoms with Crippen molar-refractivity contribution >= 4 is 39.9 Å². The van der Waals surface area contributed by atoms with E-state index in [4.69, 9.17) is 0 Å². The summed E-state index contributed by atoms with van der Waals surface area (Å²) in [6.07, 6.45) is -0.412. The Bertz CT molecular complexity index is 2440. The van der Waals surface area contributed by atoms with E-state index in [0.29, 0.717) is 12.1 Å². The number of hydrogen-bond donors (Lipinski definition) is 0. The summed E-state index contributed by atoms with van der Waals surface area (Å²) in [5.41, 5.74) is -12.8. The van der Waals surface area contributed by atoms with Gasteiger partial charge >= 0.3 is 0 Å². The molecule has 62 heavy (non-hydrogen) atoms. The molecule has 0 saturated carbocycles. The fourth-order valence-electron chi connectivity index (χ4n) is 6.46. The lowest BCUT2D eigenvalue weighted by molar-refractivity contribution is -0.685. The van der Waals surface area contributed by atoms with Crippen molar-refractivity contribution in [3.05, 3.63) is 183 Å². The average Bonchev–Trinajstić information content (AvgIpc) is 3.26. The molecule has 0 fully saturated rings. The molecule has 0 saturated heterocycles. The zero-order valence-electron chi connectivity index (χ0n) is 29.5. The summed E-state index contributed by atoms with van der Waals surface area (Å²) in [7, 11) is 0. The van der Waals surface area contributed by atoms with Gasteiger partial charge in [0.15, 0.2) is 76.0 Å². The van der Waals surface area contributed by atoms with Gasteiger partial charge in [-0.3, -0.25) is 9.78 Å². The van der Waals surface area contributed by atoms with Crippen LogP contribution in [0.15, 0.2) is 55.5 Å². The van der Waals surface area contributed by atoms with Crippen molar-refractivity contribution in [3.8, 4) is 0 Å². The summed E-state index contributed by atoms with van der Waals surface area (Å²) < 4.78 is 296. The molecule has 6 aromatic rings. The van der Waals surface area contributed by atoms with Gasteiger partial charge in [-0.25, -0.2) is 87.8 Å². The second-order valence-electron chi connectivity index (χ2n) is 12.4. The van der Waals surface area contributed by atoms with Crippen molar-refractivity contribution in [2.24, 2.45) is 0 Å². The number of benzene rings is 5. The largest absolute Gasteiger partial charge is 0.287 e. The third-order valence-electron chi connectivity index (χ3n) is 9.20. The monoisotopic (exact) mass is 904 g/mol. The molecule has 24 heteroatoms. The Morgan fingerprint density at radius 2 is 0.742 bits per heavy atom. The van der Waals surface area contributed by atoms with Crippen molar-refractivity contribution < 1.29 is 97.2 Å². The van der Waals surface area contributed by atoms with Gasteiger partial charge in [-0.2, -0.15) is 4.57 Å². The van der Waals surface area contributed by atoms with Gasteiger partial charge in [0.05, 0.1) is 12.4 Å². The summed E-state index contributed by atoms with van der Waals surface area (Å²) in [5.74, 6) is -71.3. The summed E-state index contributed by atoms with van der Waals surface area (Å²) in [6.45, 7) is 4.00. The highest BCUT2D eigenvalue weighted by Crippen LogP contribution is 2.30. The molecule has 0 atom stereocenters. The van der Waals surface area contributed by atoms with Crippen molar-refractivity contribution in [1.82, 2.24) is 4.98 Å². The number of carbonyl (C=O) groups is 1. The number of hydrogen-bond acceptors (Lipinski definition) is 2. The summed E-state index contributed by atoms with van der Waals surface area (Å²) >= 11 is 0. The zero-order valence-corrected chi connectivity index (χ0v) is 29.5. The van der Waals surface area contributed by atoms with Crippen LogP contribution in [0.5, 0.6) is 0 Å². The van der Waals surface area contributed by atoms with Crippen molar-refractivity contribution in [2.45, 2.75) is 6.54 Å². The summed E-state index contributed by atoms with van der Waals surface area (Å²) in [6, 6.07) is 9.25. The average molecular weight is 904 g/mol. The number of Topliss-reactive ketones (excluding diaryl/α,β-unsaturated/α-hetero) is 1. The SMILES string of the molecule is C=Cc1cncc[n+]1CC(=O)c1ccccc1.Fc1c(F)c(F)c([B-](c2c(F)c(F)c(F)c(F)c2F)(c2c(F)c(F)c(F)c(F)c2F)c2c(F)c(F)c(F)c(F)c2F)c(F)c1F. The number of ketones is 1. The quantitative estimate of drug-likeness (QED) is 0.0392. The molecule has 0 aliphatic carbocycles. The first kappa shape index (κ1) is 46.3. The van der Waals surface area contributed by atoms with E-state index < -0.39 is 144 Å². The molecule has 324 valence electrons. The predicted octanol–water partition coefficient (Wildman–Crippen LogP) is 7.74. The molecule has 5 aromatic carbocycles. The lowest BCUT2D eigenvalue weighted by atomic mass is 9.12. The molecule has 0 N–H and O–H groups in total. The standard InChI is InChI=1S/C24BF20.C14H13N2O/c26-5-1(6(27)14(35)21(42)13(5)34)25(2-7(28)15(36)22(43)16(37)8(2)29,3-9(30)17(38)23(44)18(39)10(3)31)4-11(32)19(40)24(45)20(41)12(4)33;1-2-13-10-15-8-9-16(13)11-14(17)12-6-4-3-5-7-12/h;2-10H,1,11H2/q-1;+1. The van der Waals surface area contributed by atoms with Crippen LogP contribution >= 0.6 is 0 Å². The molecule has 0 radical (unpaired) electrons. The molecular weight excluding hydrogens is 891 g/mol. The van der Waals surface area contributed by atoms with Crippen LogP contribution in [0.25, 0.3) is 6.08 Å². The Labute approximate surface area is 331 Å². The lowest BCUT2D eigenvalue weighted by Gasteiger charge is -2.44. The molecule has 1 aromatic heterocycles. The first-order valence-corrected chi connectivity index (χ1v) is 16.3. The fraction of sp³-hybridized carbons (Fsp3) is 0.0263. The minimum atomic E-state index is -7.22. The molecule has 0 amide bonds. The highest BCUT2D eigenvalue weighted by molar-refractivity contribution is 7.20. The van der Waals surface area contributed by atoms with Crippen LogP contribution in [0.1, 0.15) is 16.1 Å². The predicted molar refractivity (Wildman–Crippen MR) is 175 cm³/mol. The van der Waals surface area contributed by atoms with Gasteiger partial charge in [-0.1, -0.05) is 36.9 Å². The Balaban J connectivity index is 0.000000355. The summed E-state index contributed by atoms with van der Waals surface area (Å²) in [5, 5.41) is 0. The van der Waals surface area contributed by atoms with E-state index in [1.165, 1.54) is 0 Å². The van der Waals surface area contributed by atoms with E-state index in [9.17, 15) is 57.5 Å². The summed E-state index contributed by atoms with van der Waals surface area (Å²) in [4.78, 5) is 16.0. The van der Waals surface area contributed by atoms with Crippen LogP contribution in [0, 0.1) is 116 Å². The second kappa shape index (κ2) is 17.3. The Hall–Kier alpha value is -6.75. The third kappa shape index (κ3) is 7.19. The molecular formula is C38H13BF20N2O. The normalized spacial score (nSPS) is 11.4. The van der Waals surface area contributed by atoms with Gasteiger partial charge in [0.2, 0.25) is 18.0 Å². The molecule has 0 unspecified atom stereocenters. The van der Waals surface area contributed by atoms with E-state index in [1.807, 2.05) is 34.9 Å². The number of carbonyl (C=O) groups excluding carboxylic acids is 1. The van der Waals surface area contributed by atoms with Gasteiger partial charge in [-0.05, 0) is 0 Å². The molecule has 6 rings (SSSR count). The van der Waals surface area contributed by atoms with E-state index in [0.717, 1.165) is 5.69 Å². The lowest BCUT2D eigenvalue weighted by Crippen LogP contribution is -2.81. The van der Waals surface area contributed by atoms with Crippen molar-refractivity contribution in [1.29, 1.82) is 0 Å². The van der Waals surface area contributed by atoms with Crippen LogP contribution in [0.2, 0.25) is 0 Å².